The van der Waals surface area contributed by atoms with Crippen molar-refractivity contribution in [3.8, 4) is 0 Å². The van der Waals surface area contributed by atoms with E-state index in [2.05, 4.69) is 15.0 Å². The van der Waals surface area contributed by atoms with Crippen LogP contribution in [0.15, 0.2) is 30.5 Å². The van der Waals surface area contributed by atoms with Crippen molar-refractivity contribution in [1.29, 1.82) is 0 Å². The monoisotopic (exact) mass is 273 g/mol. The molecule has 1 fully saturated rings. The standard InChI is InChI=1S/C14H19N5O/c1-18-11(5-6-16-18)9-19-7-8-20-13(10-19)12-3-2-4-14(15)17-12/h2-6,13H,7-10H2,1H3,(H2,15,17). The van der Waals surface area contributed by atoms with Crippen LogP contribution in [0.25, 0.3) is 0 Å². The lowest BCUT2D eigenvalue weighted by Gasteiger charge is -2.32. The number of aromatic nitrogens is 3. The van der Waals surface area contributed by atoms with E-state index in [0.29, 0.717) is 12.4 Å². The fraction of sp³-hybridized carbons (Fsp3) is 0.429. The summed E-state index contributed by atoms with van der Waals surface area (Å²) >= 11 is 0. The highest BCUT2D eigenvalue weighted by Crippen LogP contribution is 2.22. The van der Waals surface area contributed by atoms with Gasteiger partial charge in [0.25, 0.3) is 0 Å². The number of hydrogen-bond donors (Lipinski definition) is 1. The first-order valence-electron chi connectivity index (χ1n) is 6.75. The first-order chi connectivity index (χ1) is 9.72. The zero-order valence-electron chi connectivity index (χ0n) is 11.6. The minimum absolute atomic E-state index is 0.0134. The Hall–Kier alpha value is -1.92. The summed E-state index contributed by atoms with van der Waals surface area (Å²) in [5.74, 6) is 0.537. The van der Waals surface area contributed by atoms with Gasteiger partial charge in [0.1, 0.15) is 11.9 Å². The molecule has 6 heteroatoms. The van der Waals surface area contributed by atoms with Crippen molar-refractivity contribution < 1.29 is 4.74 Å². The Morgan fingerprint density at radius 3 is 3.05 bits per heavy atom. The average molecular weight is 273 g/mol. The van der Waals surface area contributed by atoms with Gasteiger partial charge in [-0.25, -0.2) is 4.98 Å². The number of hydrogen-bond acceptors (Lipinski definition) is 5. The molecule has 20 heavy (non-hydrogen) atoms. The third-order valence-electron chi connectivity index (χ3n) is 3.58. The fourth-order valence-corrected chi connectivity index (χ4v) is 2.46. The average Bonchev–Trinajstić information content (AvgIpc) is 2.85. The van der Waals surface area contributed by atoms with Crippen LogP contribution in [0.4, 0.5) is 5.82 Å². The van der Waals surface area contributed by atoms with Gasteiger partial charge < -0.3 is 10.5 Å². The molecule has 0 spiro atoms. The number of pyridine rings is 1. The molecule has 1 unspecified atom stereocenters. The van der Waals surface area contributed by atoms with Crippen LogP contribution in [0.3, 0.4) is 0 Å². The molecule has 1 aliphatic heterocycles. The molecular formula is C14H19N5O. The molecule has 2 aromatic rings. The molecule has 1 atom stereocenters. The minimum atomic E-state index is -0.0134. The van der Waals surface area contributed by atoms with E-state index in [1.807, 2.05) is 36.1 Å². The molecule has 3 rings (SSSR count). The third kappa shape index (κ3) is 2.81. The summed E-state index contributed by atoms with van der Waals surface area (Å²) in [6, 6.07) is 7.72. The number of morpholine rings is 1. The van der Waals surface area contributed by atoms with Crippen LogP contribution in [-0.2, 0) is 18.3 Å². The summed E-state index contributed by atoms with van der Waals surface area (Å²) in [7, 11) is 1.96. The summed E-state index contributed by atoms with van der Waals surface area (Å²) in [5.41, 5.74) is 7.84. The van der Waals surface area contributed by atoms with Crippen LogP contribution in [-0.4, -0.2) is 39.4 Å². The van der Waals surface area contributed by atoms with Crippen molar-refractivity contribution in [2.45, 2.75) is 12.6 Å². The molecule has 0 saturated carbocycles. The lowest BCUT2D eigenvalue weighted by molar-refractivity contribution is -0.0355. The molecule has 0 amide bonds. The van der Waals surface area contributed by atoms with Crippen LogP contribution in [0.2, 0.25) is 0 Å². The Morgan fingerprint density at radius 2 is 2.30 bits per heavy atom. The number of aryl methyl sites for hydroxylation is 1. The second-order valence-corrected chi connectivity index (χ2v) is 5.03. The van der Waals surface area contributed by atoms with Gasteiger partial charge in [-0.1, -0.05) is 6.07 Å². The summed E-state index contributed by atoms with van der Waals surface area (Å²) in [6.45, 7) is 3.32. The first kappa shape index (κ1) is 13.1. The van der Waals surface area contributed by atoms with E-state index in [1.165, 1.54) is 5.69 Å². The van der Waals surface area contributed by atoms with Crippen LogP contribution in [0.1, 0.15) is 17.5 Å². The molecule has 0 aromatic carbocycles. The third-order valence-corrected chi connectivity index (χ3v) is 3.58. The van der Waals surface area contributed by atoms with Crippen molar-refractivity contribution in [2.75, 3.05) is 25.4 Å². The highest BCUT2D eigenvalue weighted by molar-refractivity contribution is 5.29. The van der Waals surface area contributed by atoms with Gasteiger partial charge in [-0.3, -0.25) is 9.58 Å². The number of rotatable bonds is 3. The quantitative estimate of drug-likeness (QED) is 0.902. The molecule has 2 aromatic heterocycles. The van der Waals surface area contributed by atoms with Crippen molar-refractivity contribution in [2.24, 2.45) is 7.05 Å². The number of anilines is 1. The molecule has 0 aliphatic carbocycles. The van der Waals surface area contributed by atoms with E-state index >= 15 is 0 Å². The van der Waals surface area contributed by atoms with Gasteiger partial charge in [-0.15, -0.1) is 0 Å². The second kappa shape index (κ2) is 5.60. The van der Waals surface area contributed by atoms with Crippen molar-refractivity contribution in [3.63, 3.8) is 0 Å². The molecule has 2 N–H and O–H groups in total. The maximum atomic E-state index is 5.82. The van der Waals surface area contributed by atoms with Crippen molar-refractivity contribution >= 4 is 5.82 Å². The van der Waals surface area contributed by atoms with Gasteiger partial charge >= 0.3 is 0 Å². The normalized spacial score (nSPS) is 20.1. The second-order valence-electron chi connectivity index (χ2n) is 5.03. The number of nitrogens with two attached hydrogens (primary N) is 1. The Bertz CT molecular complexity index is 582. The predicted octanol–water partition coefficient (Wildman–Crippen LogP) is 0.971. The van der Waals surface area contributed by atoms with E-state index < -0.39 is 0 Å². The Kier molecular flexibility index (Phi) is 3.66. The topological polar surface area (TPSA) is 69.2 Å². The van der Waals surface area contributed by atoms with Gasteiger partial charge in [0, 0.05) is 32.9 Å². The molecule has 3 heterocycles. The molecule has 1 saturated heterocycles. The number of nitrogens with zero attached hydrogens (tertiary/aromatic N) is 4. The number of ether oxygens (including phenoxy) is 1. The lowest BCUT2D eigenvalue weighted by Crippen LogP contribution is -2.38. The van der Waals surface area contributed by atoms with Crippen molar-refractivity contribution in [1.82, 2.24) is 19.7 Å². The van der Waals surface area contributed by atoms with Gasteiger partial charge in [0.2, 0.25) is 0 Å². The van der Waals surface area contributed by atoms with E-state index in [9.17, 15) is 0 Å². The maximum Gasteiger partial charge on any atom is 0.123 e. The first-order valence-corrected chi connectivity index (χ1v) is 6.75. The molecule has 1 aliphatic rings. The Labute approximate surface area is 118 Å². The fourth-order valence-electron chi connectivity index (χ4n) is 2.46. The highest BCUT2D eigenvalue weighted by atomic mass is 16.5. The molecule has 0 bridgehead atoms. The lowest BCUT2D eigenvalue weighted by atomic mass is 10.2. The SMILES string of the molecule is Cn1nccc1CN1CCOC(c2cccc(N)n2)C1. The van der Waals surface area contributed by atoms with Gasteiger partial charge in [0.15, 0.2) is 0 Å². The molecule has 6 nitrogen and oxygen atoms in total. The predicted molar refractivity (Wildman–Crippen MR) is 75.8 cm³/mol. The summed E-state index contributed by atoms with van der Waals surface area (Å²) < 4.78 is 7.72. The van der Waals surface area contributed by atoms with Gasteiger partial charge in [-0.05, 0) is 18.2 Å². The number of nitrogen functional groups attached to an aromatic ring is 1. The van der Waals surface area contributed by atoms with Crippen LogP contribution >= 0.6 is 0 Å². The summed E-state index contributed by atoms with van der Waals surface area (Å²) in [4.78, 5) is 6.71. The molecular weight excluding hydrogens is 254 g/mol. The van der Waals surface area contributed by atoms with Crippen LogP contribution in [0, 0.1) is 0 Å². The zero-order valence-corrected chi connectivity index (χ0v) is 11.6. The Morgan fingerprint density at radius 1 is 1.40 bits per heavy atom. The van der Waals surface area contributed by atoms with E-state index in [-0.39, 0.29) is 6.10 Å². The van der Waals surface area contributed by atoms with E-state index in [1.54, 1.807) is 6.07 Å². The highest BCUT2D eigenvalue weighted by Gasteiger charge is 2.23. The van der Waals surface area contributed by atoms with E-state index in [4.69, 9.17) is 10.5 Å². The van der Waals surface area contributed by atoms with Gasteiger partial charge in [-0.2, -0.15) is 5.10 Å². The molecule has 0 radical (unpaired) electrons. The zero-order chi connectivity index (χ0) is 13.9. The summed E-state index contributed by atoms with van der Waals surface area (Å²) in [6.07, 6.45) is 1.81. The van der Waals surface area contributed by atoms with Crippen molar-refractivity contribution in [3.05, 3.63) is 41.9 Å². The largest absolute Gasteiger partial charge is 0.384 e. The Balaban J connectivity index is 1.69. The molecule has 106 valence electrons. The van der Waals surface area contributed by atoms with Crippen LogP contribution < -0.4 is 5.73 Å². The van der Waals surface area contributed by atoms with Crippen LogP contribution in [0.5, 0.6) is 0 Å². The smallest absolute Gasteiger partial charge is 0.123 e. The van der Waals surface area contributed by atoms with E-state index in [0.717, 1.165) is 25.3 Å². The summed E-state index contributed by atoms with van der Waals surface area (Å²) in [5, 5.41) is 4.20. The minimum Gasteiger partial charge on any atom is -0.384 e. The maximum absolute atomic E-state index is 5.82. The van der Waals surface area contributed by atoms with Gasteiger partial charge in [0.05, 0.1) is 18.0 Å².